The maximum atomic E-state index is 11.5. The van der Waals surface area contributed by atoms with Crippen LogP contribution in [0.3, 0.4) is 0 Å². The highest BCUT2D eigenvalue weighted by Crippen LogP contribution is 2.27. The second-order valence-electron chi connectivity index (χ2n) is 3.57. The Labute approximate surface area is 93.2 Å². The van der Waals surface area contributed by atoms with Crippen molar-refractivity contribution in [1.82, 2.24) is 4.98 Å². The van der Waals surface area contributed by atoms with Crippen molar-refractivity contribution >= 4 is 17.5 Å². The molecule has 1 saturated heterocycles. The molecule has 3 nitrogen and oxygen atoms in total. The first-order chi connectivity index (χ1) is 7.31. The number of aromatic nitrogens is 1. The summed E-state index contributed by atoms with van der Waals surface area (Å²) < 4.78 is 5.23. The van der Waals surface area contributed by atoms with Gasteiger partial charge in [0.25, 0.3) is 0 Å². The summed E-state index contributed by atoms with van der Waals surface area (Å²) in [4.78, 5) is 15.6. The summed E-state index contributed by atoms with van der Waals surface area (Å²) >= 11 is 1.71. The number of methoxy groups -OCH3 is 1. The number of ether oxygens (including phenoxy) is 1. The number of nitrogens with zero attached hydrogens (tertiary/aromatic N) is 1. The Balaban J connectivity index is 2.12. The molecule has 1 aliphatic heterocycles. The van der Waals surface area contributed by atoms with Crippen molar-refractivity contribution in [3.63, 3.8) is 0 Å². The number of rotatable bonds is 3. The highest BCUT2D eigenvalue weighted by Gasteiger charge is 2.25. The van der Waals surface area contributed by atoms with Gasteiger partial charge in [-0.1, -0.05) is 0 Å². The van der Waals surface area contributed by atoms with E-state index in [4.69, 9.17) is 4.74 Å². The molecule has 1 aliphatic rings. The van der Waals surface area contributed by atoms with Crippen molar-refractivity contribution in [3.05, 3.63) is 24.0 Å². The van der Waals surface area contributed by atoms with Gasteiger partial charge in [-0.15, -0.1) is 0 Å². The molecule has 4 heteroatoms. The number of hydrogen-bond acceptors (Lipinski definition) is 4. The van der Waals surface area contributed by atoms with E-state index in [1.807, 2.05) is 6.07 Å². The lowest BCUT2D eigenvalue weighted by Crippen LogP contribution is -2.14. The Morgan fingerprint density at radius 1 is 1.67 bits per heavy atom. The van der Waals surface area contributed by atoms with E-state index in [1.54, 1.807) is 31.3 Å². The van der Waals surface area contributed by atoms with Crippen LogP contribution in [0.2, 0.25) is 0 Å². The van der Waals surface area contributed by atoms with Crippen molar-refractivity contribution in [1.29, 1.82) is 0 Å². The van der Waals surface area contributed by atoms with Crippen LogP contribution in [-0.2, 0) is 11.2 Å². The molecule has 0 aliphatic carbocycles. The van der Waals surface area contributed by atoms with Gasteiger partial charge in [-0.3, -0.25) is 9.78 Å². The lowest BCUT2D eigenvalue weighted by atomic mass is 9.98. The summed E-state index contributed by atoms with van der Waals surface area (Å²) in [7, 11) is 1.64. The van der Waals surface area contributed by atoms with Crippen LogP contribution in [0.5, 0.6) is 5.75 Å². The number of hydrogen-bond donors (Lipinski definition) is 0. The molecule has 2 heterocycles. The summed E-state index contributed by atoms with van der Waals surface area (Å²) in [5.41, 5.74) is 1.03. The van der Waals surface area contributed by atoms with Crippen molar-refractivity contribution < 1.29 is 9.53 Å². The molecule has 0 bridgehead atoms. The van der Waals surface area contributed by atoms with E-state index in [0.717, 1.165) is 23.5 Å². The van der Waals surface area contributed by atoms with Gasteiger partial charge in [0.1, 0.15) is 11.5 Å². The Morgan fingerprint density at radius 3 is 3.20 bits per heavy atom. The molecule has 0 spiro atoms. The Morgan fingerprint density at radius 2 is 2.53 bits per heavy atom. The largest absolute Gasteiger partial charge is 0.496 e. The molecule has 1 fully saturated rings. The highest BCUT2D eigenvalue weighted by atomic mass is 32.2. The fourth-order valence-electron chi connectivity index (χ4n) is 1.72. The minimum absolute atomic E-state index is 0.146. The van der Waals surface area contributed by atoms with Crippen LogP contribution in [-0.4, -0.2) is 29.4 Å². The van der Waals surface area contributed by atoms with Crippen molar-refractivity contribution in [2.24, 2.45) is 5.92 Å². The molecule has 0 amide bonds. The predicted molar refractivity (Wildman–Crippen MR) is 60.3 cm³/mol. The zero-order chi connectivity index (χ0) is 10.7. The molecule has 0 aromatic carbocycles. The number of carbonyl (C=O) groups is 1. The van der Waals surface area contributed by atoms with Crippen molar-refractivity contribution in [2.75, 3.05) is 18.6 Å². The average molecular weight is 223 g/mol. The number of thioether (sulfide) groups is 1. The van der Waals surface area contributed by atoms with Gasteiger partial charge in [0.05, 0.1) is 12.9 Å². The van der Waals surface area contributed by atoms with E-state index in [0.29, 0.717) is 11.5 Å². The normalized spacial score (nSPS) is 20.6. The van der Waals surface area contributed by atoms with E-state index in [2.05, 4.69) is 4.98 Å². The molecular formula is C11H13NO2S. The van der Waals surface area contributed by atoms with Crippen molar-refractivity contribution in [3.8, 4) is 5.75 Å². The Kier molecular flexibility index (Phi) is 3.26. The van der Waals surface area contributed by atoms with E-state index >= 15 is 0 Å². The molecule has 1 unspecified atom stereocenters. The van der Waals surface area contributed by atoms with Crippen LogP contribution in [0.15, 0.2) is 18.5 Å². The molecule has 1 aromatic rings. The van der Waals surface area contributed by atoms with Crippen LogP contribution in [0.25, 0.3) is 0 Å². The van der Waals surface area contributed by atoms with E-state index < -0.39 is 0 Å². The zero-order valence-electron chi connectivity index (χ0n) is 8.60. The van der Waals surface area contributed by atoms with Gasteiger partial charge < -0.3 is 4.74 Å². The molecule has 0 radical (unpaired) electrons. The first-order valence-electron chi connectivity index (χ1n) is 4.88. The summed E-state index contributed by atoms with van der Waals surface area (Å²) in [6.07, 6.45) is 4.24. The topological polar surface area (TPSA) is 39.2 Å². The van der Waals surface area contributed by atoms with E-state index in [1.165, 1.54) is 0 Å². The molecule has 1 aromatic heterocycles. The predicted octanol–water partition coefficient (Wildman–Crippen LogP) is 1.56. The van der Waals surface area contributed by atoms with Crippen LogP contribution < -0.4 is 4.74 Å². The number of ketones is 1. The van der Waals surface area contributed by atoms with Crippen LogP contribution >= 0.6 is 11.8 Å². The third-order valence-electron chi connectivity index (χ3n) is 2.56. The van der Waals surface area contributed by atoms with Gasteiger partial charge in [0, 0.05) is 29.6 Å². The van der Waals surface area contributed by atoms with Crippen LogP contribution in [0, 0.1) is 5.92 Å². The Bertz CT molecular complexity index is 367. The lowest BCUT2D eigenvalue weighted by Gasteiger charge is -2.10. The first kappa shape index (κ1) is 10.5. The van der Waals surface area contributed by atoms with Crippen LogP contribution in [0.4, 0.5) is 0 Å². The smallest absolute Gasteiger partial charge is 0.146 e. The third kappa shape index (κ3) is 2.31. The fourth-order valence-corrected chi connectivity index (χ4v) is 2.86. The first-order valence-corrected chi connectivity index (χ1v) is 6.04. The van der Waals surface area contributed by atoms with Gasteiger partial charge in [-0.05, 0) is 12.5 Å². The quantitative estimate of drug-likeness (QED) is 0.779. The second kappa shape index (κ2) is 4.66. The van der Waals surface area contributed by atoms with Gasteiger partial charge in [-0.2, -0.15) is 11.8 Å². The van der Waals surface area contributed by atoms with Gasteiger partial charge >= 0.3 is 0 Å². The highest BCUT2D eigenvalue weighted by molar-refractivity contribution is 8.00. The monoisotopic (exact) mass is 223 g/mol. The van der Waals surface area contributed by atoms with Crippen LogP contribution in [0.1, 0.15) is 5.56 Å². The number of pyridine rings is 1. The minimum atomic E-state index is 0.146. The summed E-state index contributed by atoms with van der Waals surface area (Å²) in [6, 6.07) is 1.84. The SMILES string of the molecule is COc1ccncc1CC1CSCC1=O. The van der Waals surface area contributed by atoms with Gasteiger partial charge in [-0.25, -0.2) is 0 Å². The molecule has 1 atom stereocenters. The second-order valence-corrected chi connectivity index (χ2v) is 4.60. The van der Waals surface area contributed by atoms with E-state index in [9.17, 15) is 4.79 Å². The summed E-state index contributed by atoms with van der Waals surface area (Å²) in [5.74, 6) is 2.91. The lowest BCUT2D eigenvalue weighted by molar-refractivity contribution is -0.119. The third-order valence-corrected chi connectivity index (χ3v) is 3.69. The molecule has 2 rings (SSSR count). The molecule has 0 N–H and O–H groups in total. The van der Waals surface area contributed by atoms with E-state index in [-0.39, 0.29) is 5.92 Å². The van der Waals surface area contributed by atoms with Gasteiger partial charge in [0.2, 0.25) is 0 Å². The molecule has 0 saturated carbocycles. The summed E-state index contributed by atoms with van der Waals surface area (Å²) in [6.45, 7) is 0. The number of carbonyl (C=O) groups excluding carboxylic acids is 1. The molecule has 80 valence electrons. The number of Topliss-reactive ketones (excluding diaryl/α,β-unsaturated/α-hetero) is 1. The zero-order valence-corrected chi connectivity index (χ0v) is 9.42. The molecule has 15 heavy (non-hydrogen) atoms. The maximum absolute atomic E-state index is 11.5. The average Bonchev–Trinajstić information content (AvgIpc) is 2.65. The molecular weight excluding hydrogens is 210 g/mol. The van der Waals surface area contributed by atoms with Crippen molar-refractivity contribution in [2.45, 2.75) is 6.42 Å². The minimum Gasteiger partial charge on any atom is -0.496 e. The standard InChI is InChI=1S/C11H13NO2S/c1-14-11-2-3-12-5-8(11)4-9-6-15-7-10(9)13/h2-3,5,9H,4,6-7H2,1H3. The van der Waals surface area contributed by atoms with Gasteiger partial charge in [0.15, 0.2) is 0 Å². The fraction of sp³-hybridized carbons (Fsp3) is 0.455. The Hall–Kier alpha value is -1.03. The summed E-state index contributed by atoms with van der Waals surface area (Å²) in [5, 5.41) is 0. The maximum Gasteiger partial charge on any atom is 0.146 e.